The monoisotopic (exact) mass is 341 g/mol. The maximum atomic E-state index is 11.9. The highest BCUT2D eigenvalue weighted by Crippen LogP contribution is 2.23. The molecule has 0 unspecified atom stereocenters. The first-order valence-corrected chi connectivity index (χ1v) is 8.21. The van der Waals surface area contributed by atoms with E-state index >= 15 is 0 Å². The number of hydrogen-bond acceptors (Lipinski definition) is 8. The largest absolute Gasteiger partial charge is 0.462 e. The molecule has 0 radical (unpaired) electrons. The molecular weight excluding hydrogens is 326 g/mol. The molecule has 7 nitrogen and oxygen atoms in total. The number of carbonyl (C=O) groups is 1. The van der Waals surface area contributed by atoms with Crippen molar-refractivity contribution < 1.29 is 9.53 Å². The lowest BCUT2D eigenvalue weighted by molar-refractivity contribution is 0.0526. The number of thiazole rings is 1. The molecule has 3 aromatic rings. The third-order valence-electron chi connectivity index (χ3n) is 3.12. The molecule has 0 saturated carbocycles. The molecule has 0 spiro atoms. The molecule has 3 aromatic heterocycles. The molecule has 0 atom stereocenters. The second-order valence-corrected chi connectivity index (χ2v) is 5.60. The molecule has 0 aliphatic carbocycles. The number of hydrogen-bond donors (Lipinski definition) is 1. The minimum absolute atomic E-state index is 0.300. The van der Waals surface area contributed by atoms with Crippen molar-refractivity contribution in [1.29, 1.82) is 0 Å². The SMILES string of the molecule is CCOC(=O)c1cncnc1NCc1csc(-c2ccncc2)n1. The van der Waals surface area contributed by atoms with Gasteiger partial charge in [0.05, 0.1) is 18.8 Å². The Kier molecular flexibility index (Phi) is 5.07. The number of rotatable bonds is 6. The number of nitrogens with one attached hydrogen (secondary N) is 1. The van der Waals surface area contributed by atoms with E-state index in [1.807, 2.05) is 17.5 Å². The van der Waals surface area contributed by atoms with Gasteiger partial charge in [-0.05, 0) is 19.1 Å². The average molecular weight is 341 g/mol. The van der Waals surface area contributed by atoms with Crippen LogP contribution >= 0.6 is 11.3 Å². The van der Waals surface area contributed by atoms with Gasteiger partial charge in [-0.25, -0.2) is 19.7 Å². The van der Waals surface area contributed by atoms with Crippen LogP contribution in [-0.2, 0) is 11.3 Å². The highest BCUT2D eigenvalue weighted by molar-refractivity contribution is 7.13. The fraction of sp³-hybridized carbons (Fsp3) is 0.188. The van der Waals surface area contributed by atoms with Crippen molar-refractivity contribution in [3.05, 3.63) is 53.7 Å². The fourth-order valence-electron chi connectivity index (χ4n) is 2.02. The number of nitrogens with zero attached hydrogens (tertiary/aromatic N) is 4. The molecule has 0 saturated heterocycles. The Morgan fingerprint density at radius 1 is 1.29 bits per heavy atom. The van der Waals surface area contributed by atoms with E-state index in [9.17, 15) is 4.79 Å². The zero-order valence-electron chi connectivity index (χ0n) is 13.0. The first kappa shape index (κ1) is 16.0. The predicted octanol–water partition coefficient (Wildman–Crippen LogP) is 2.78. The quantitative estimate of drug-likeness (QED) is 0.689. The number of esters is 1. The van der Waals surface area contributed by atoms with Gasteiger partial charge >= 0.3 is 5.97 Å². The van der Waals surface area contributed by atoms with Crippen LogP contribution in [0.1, 0.15) is 23.0 Å². The highest BCUT2D eigenvalue weighted by atomic mass is 32.1. The molecule has 0 fully saturated rings. The van der Waals surface area contributed by atoms with E-state index in [0.717, 1.165) is 16.3 Å². The zero-order valence-corrected chi connectivity index (χ0v) is 13.8. The average Bonchev–Trinajstić information content (AvgIpc) is 3.10. The van der Waals surface area contributed by atoms with E-state index in [1.165, 1.54) is 12.5 Å². The van der Waals surface area contributed by atoms with Crippen molar-refractivity contribution in [2.24, 2.45) is 0 Å². The highest BCUT2D eigenvalue weighted by Gasteiger charge is 2.14. The number of aromatic nitrogens is 4. The van der Waals surface area contributed by atoms with Gasteiger partial charge in [0.1, 0.15) is 22.7 Å². The normalized spacial score (nSPS) is 10.4. The summed E-state index contributed by atoms with van der Waals surface area (Å²) < 4.78 is 5.00. The predicted molar refractivity (Wildman–Crippen MR) is 90.7 cm³/mol. The molecule has 0 aliphatic heterocycles. The van der Waals surface area contributed by atoms with Gasteiger partial charge in [0.15, 0.2) is 0 Å². The minimum atomic E-state index is -0.448. The van der Waals surface area contributed by atoms with Crippen molar-refractivity contribution in [2.75, 3.05) is 11.9 Å². The maximum absolute atomic E-state index is 11.9. The van der Waals surface area contributed by atoms with E-state index in [4.69, 9.17) is 4.74 Å². The van der Waals surface area contributed by atoms with Crippen LogP contribution in [0.2, 0.25) is 0 Å². The van der Waals surface area contributed by atoms with E-state index in [0.29, 0.717) is 24.5 Å². The Hall–Kier alpha value is -2.87. The van der Waals surface area contributed by atoms with Gasteiger partial charge in [0.2, 0.25) is 0 Å². The molecule has 3 heterocycles. The van der Waals surface area contributed by atoms with Crippen LogP contribution in [-0.4, -0.2) is 32.5 Å². The number of ether oxygens (including phenoxy) is 1. The second kappa shape index (κ2) is 7.60. The van der Waals surface area contributed by atoms with Crippen LogP contribution in [0.4, 0.5) is 5.82 Å². The van der Waals surface area contributed by atoms with Crippen LogP contribution < -0.4 is 5.32 Å². The zero-order chi connectivity index (χ0) is 16.8. The van der Waals surface area contributed by atoms with Crippen molar-refractivity contribution >= 4 is 23.1 Å². The van der Waals surface area contributed by atoms with Crippen LogP contribution in [0.5, 0.6) is 0 Å². The molecular formula is C16H15N5O2S. The molecule has 3 rings (SSSR count). The molecule has 24 heavy (non-hydrogen) atoms. The third-order valence-corrected chi connectivity index (χ3v) is 4.06. The van der Waals surface area contributed by atoms with E-state index < -0.39 is 5.97 Å². The number of pyridine rings is 1. The Bertz CT molecular complexity index is 822. The van der Waals surface area contributed by atoms with Gasteiger partial charge in [-0.15, -0.1) is 11.3 Å². The van der Waals surface area contributed by atoms with Gasteiger partial charge in [-0.2, -0.15) is 0 Å². The smallest absolute Gasteiger partial charge is 0.343 e. The van der Waals surface area contributed by atoms with Crippen LogP contribution in [0.25, 0.3) is 10.6 Å². The summed E-state index contributed by atoms with van der Waals surface area (Å²) >= 11 is 1.55. The first-order valence-electron chi connectivity index (χ1n) is 7.33. The van der Waals surface area contributed by atoms with Gasteiger partial charge in [-0.1, -0.05) is 0 Å². The van der Waals surface area contributed by atoms with Crippen molar-refractivity contribution in [3.63, 3.8) is 0 Å². The van der Waals surface area contributed by atoms with Crippen LogP contribution in [0.3, 0.4) is 0 Å². The fourth-order valence-corrected chi connectivity index (χ4v) is 2.84. The number of carbonyl (C=O) groups excluding carboxylic acids is 1. The van der Waals surface area contributed by atoms with Crippen LogP contribution in [0, 0.1) is 0 Å². The van der Waals surface area contributed by atoms with Crippen LogP contribution in [0.15, 0.2) is 42.4 Å². The lowest BCUT2D eigenvalue weighted by Gasteiger charge is -2.08. The Labute approximate surface area is 142 Å². The summed E-state index contributed by atoms with van der Waals surface area (Å²) in [4.78, 5) is 28.5. The van der Waals surface area contributed by atoms with Gasteiger partial charge in [0, 0.05) is 29.5 Å². The minimum Gasteiger partial charge on any atom is -0.462 e. The molecule has 0 amide bonds. The van der Waals surface area contributed by atoms with Crippen molar-refractivity contribution in [3.8, 4) is 10.6 Å². The van der Waals surface area contributed by atoms with E-state index in [1.54, 1.807) is 30.7 Å². The molecule has 0 bridgehead atoms. The molecule has 0 aromatic carbocycles. The summed E-state index contributed by atoms with van der Waals surface area (Å²) in [7, 11) is 0. The first-order chi connectivity index (χ1) is 11.8. The van der Waals surface area contributed by atoms with E-state index in [-0.39, 0.29) is 0 Å². The summed E-state index contributed by atoms with van der Waals surface area (Å²) in [6.45, 7) is 2.50. The van der Waals surface area contributed by atoms with E-state index in [2.05, 4.69) is 25.3 Å². The Balaban J connectivity index is 1.71. The second-order valence-electron chi connectivity index (χ2n) is 4.74. The Morgan fingerprint density at radius 3 is 2.92 bits per heavy atom. The maximum Gasteiger partial charge on any atom is 0.343 e. The third kappa shape index (κ3) is 3.72. The summed E-state index contributed by atoms with van der Waals surface area (Å²) in [5.41, 5.74) is 2.19. The standard InChI is InChI=1S/C16H15N5O2S/c1-2-23-16(22)13-8-18-10-20-14(13)19-7-12-9-24-15(21-12)11-3-5-17-6-4-11/h3-6,8-10H,2,7H2,1H3,(H,18,19,20). The van der Waals surface area contributed by atoms with Gasteiger partial charge in [-0.3, -0.25) is 4.98 Å². The summed E-state index contributed by atoms with van der Waals surface area (Å²) in [5, 5.41) is 6.00. The molecule has 0 aliphatic rings. The lowest BCUT2D eigenvalue weighted by atomic mass is 10.3. The van der Waals surface area contributed by atoms with Gasteiger partial charge < -0.3 is 10.1 Å². The lowest BCUT2D eigenvalue weighted by Crippen LogP contribution is -2.12. The number of anilines is 1. The summed E-state index contributed by atoms with van der Waals surface area (Å²) in [6, 6.07) is 3.83. The molecule has 1 N–H and O–H groups in total. The molecule has 8 heteroatoms. The molecule has 122 valence electrons. The van der Waals surface area contributed by atoms with Crippen molar-refractivity contribution in [1.82, 2.24) is 19.9 Å². The Morgan fingerprint density at radius 2 is 2.12 bits per heavy atom. The van der Waals surface area contributed by atoms with Gasteiger partial charge in [0.25, 0.3) is 0 Å². The van der Waals surface area contributed by atoms with Crippen molar-refractivity contribution in [2.45, 2.75) is 13.5 Å². The summed E-state index contributed by atoms with van der Waals surface area (Å²) in [5.74, 6) is -0.0155. The summed E-state index contributed by atoms with van der Waals surface area (Å²) in [6.07, 6.45) is 6.30. The topological polar surface area (TPSA) is 89.9 Å².